The van der Waals surface area contributed by atoms with Crippen molar-refractivity contribution in [1.82, 2.24) is 19.7 Å². The Hall–Kier alpha value is -3.47. The number of anilines is 2. The molecule has 1 saturated heterocycles. The van der Waals surface area contributed by atoms with Crippen molar-refractivity contribution in [1.29, 1.82) is 0 Å². The number of carbonyl (C=O) groups excluding carboxylic acids is 2. The van der Waals surface area contributed by atoms with Crippen molar-refractivity contribution in [3.05, 3.63) is 46.6 Å². The van der Waals surface area contributed by atoms with Gasteiger partial charge in [0.05, 0.1) is 0 Å². The van der Waals surface area contributed by atoms with Gasteiger partial charge in [-0.2, -0.15) is 4.68 Å². The van der Waals surface area contributed by atoms with Crippen LogP contribution in [-0.2, 0) is 11.3 Å². The maximum absolute atomic E-state index is 13.6. The van der Waals surface area contributed by atoms with E-state index in [0.717, 1.165) is 24.1 Å². The summed E-state index contributed by atoms with van der Waals surface area (Å²) in [4.78, 5) is 49.9. The third-order valence-electron chi connectivity index (χ3n) is 5.83. The maximum atomic E-state index is 13.6. The average Bonchev–Trinajstić information content (AvgIpc) is 3.40. The molecule has 0 bridgehead atoms. The van der Waals surface area contributed by atoms with E-state index in [1.54, 1.807) is 29.3 Å². The van der Waals surface area contributed by atoms with Crippen molar-refractivity contribution < 1.29 is 14.0 Å². The second kappa shape index (κ2) is 8.47. The van der Waals surface area contributed by atoms with Gasteiger partial charge in [0.15, 0.2) is 10.9 Å². The summed E-state index contributed by atoms with van der Waals surface area (Å²) in [6.45, 7) is 2.58. The average molecular weight is 467 g/mol. The third kappa shape index (κ3) is 3.92. The molecule has 11 heteroatoms. The highest BCUT2D eigenvalue weighted by atomic mass is 32.2. The van der Waals surface area contributed by atoms with Crippen LogP contribution in [0.2, 0.25) is 0 Å². The van der Waals surface area contributed by atoms with E-state index in [4.69, 9.17) is 4.42 Å². The summed E-state index contributed by atoms with van der Waals surface area (Å²) in [6, 6.07) is 7.29. The molecule has 0 spiro atoms. The molecule has 1 fully saturated rings. The van der Waals surface area contributed by atoms with Crippen LogP contribution in [0.25, 0.3) is 11.5 Å². The minimum Gasteiger partial charge on any atom is -0.388 e. The van der Waals surface area contributed by atoms with Crippen molar-refractivity contribution in [2.75, 3.05) is 29.1 Å². The standard InChI is InChI=1S/C22H22N6O4S/c1-13(29)11-28-22(31)32-19(25-28)14-5-3-6-15(9-14)27-12-16-7-4-8-26(16)18-17(20(27)30)10-23-21(24-18)33-2/h3,5-6,9-10,16H,4,7-8,11-12H2,1-2H3/t16-/m0/s1. The van der Waals surface area contributed by atoms with Crippen LogP contribution in [0, 0.1) is 0 Å². The van der Waals surface area contributed by atoms with Crippen molar-refractivity contribution >= 4 is 35.0 Å². The van der Waals surface area contributed by atoms with E-state index in [1.165, 1.54) is 18.7 Å². The summed E-state index contributed by atoms with van der Waals surface area (Å²) in [5, 5.41) is 4.77. The molecule has 10 nitrogen and oxygen atoms in total. The van der Waals surface area contributed by atoms with E-state index in [1.807, 2.05) is 12.3 Å². The lowest BCUT2D eigenvalue weighted by molar-refractivity contribution is -0.117. The fourth-order valence-corrected chi connectivity index (χ4v) is 4.67. The molecule has 3 aromatic rings. The summed E-state index contributed by atoms with van der Waals surface area (Å²) < 4.78 is 6.25. The van der Waals surface area contributed by atoms with Crippen LogP contribution in [-0.4, -0.2) is 56.8 Å². The Labute approximate surface area is 193 Å². The van der Waals surface area contributed by atoms with E-state index in [0.29, 0.717) is 34.3 Å². The van der Waals surface area contributed by atoms with Crippen LogP contribution in [0.3, 0.4) is 0 Å². The van der Waals surface area contributed by atoms with E-state index >= 15 is 0 Å². The number of hydrogen-bond donors (Lipinski definition) is 0. The van der Waals surface area contributed by atoms with Gasteiger partial charge in [0.1, 0.15) is 17.9 Å². The number of carbonyl (C=O) groups is 2. The normalized spacial score (nSPS) is 17.6. The van der Waals surface area contributed by atoms with Crippen molar-refractivity contribution in [3.8, 4) is 11.5 Å². The number of fused-ring (bicyclic) bond motifs is 3. The molecular weight excluding hydrogens is 444 g/mol. The second-order valence-electron chi connectivity index (χ2n) is 8.08. The molecule has 1 atom stereocenters. The van der Waals surface area contributed by atoms with Crippen LogP contribution in [0.5, 0.6) is 0 Å². The fraction of sp³-hybridized carbons (Fsp3) is 0.364. The zero-order valence-electron chi connectivity index (χ0n) is 18.2. The molecular formula is C22H22N6O4S. The van der Waals surface area contributed by atoms with Gasteiger partial charge in [0.2, 0.25) is 5.89 Å². The highest BCUT2D eigenvalue weighted by molar-refractivity contribution is 7.98. The van der Waals surface area contributed by atoms with Gasteiger partial charge in [0.25, 0.3) is 5.91 Å². The predicted molar refractivity (Wildman–Crippen MR) is 123 cm³/mol. The number of amides is 1. The van der Waals surface area contributed by atoms with Gasteiger partial charge in [0, 0.05) is 36.6 Å². The number of rotatable bonds is 5. The number of thioether (sulfide) groups is 1. The molecule has 5 rings (SSSR count). The summed E-state index contributed by atoms with van der Waals surface area (Å²) in [7, 11) is 0. The first kappa shape index (κ1) is 21.4. The molecule has 0 unspecified atom stereocenters. The lowest BCUT2D eigenvalue weighted by atomic mass is 10.1. The van der Waals surface area contributed by atoms with Gasteiger partial charge in [-0.15, -0.1) is 5.10 Å². The lowest BCUT2D eigenvalue weighted by Gasteiger charge is -2.27. The van der Waals surface area contributed by atoms with Crippen LogP contribution >= 0.6 is 11.8 Å². The van der Waals surface area contributed by atoms with Crippen LogP contribution < -0.4 is 15.6 Å². The number of hydrogen-bond acceptors (Lipinski definition) is 9. The van der Waals surface area contributed by atoms with E-state index in [2.05, 4.69) is 20.0 Å². The monoisotopic (exact) mass is 466 g/mol. The maximum Gasteiger partial charge on any atom is 0.437 e. The first-order valence-electron chi connectivity index (χ1n) is 10.6. The van der Waals surface area contributed by atoms with Crippen LogP contribution in [0.4, 0.5) is 11.5 Å². The number of aromatic nitrogens is 4. The van der Waals surface area contributed by atoms with Gasteiger partial charge in [-0.05, 0) is 44.2 Å². The Morgan fingerprint density at radius 1 is 1.30 bits per heavy atom. The van der Waals surface area contributed by atoms with Gasteiger partial charge >= 0.3 is 5.76 Å². The minimum absolute atomic E-state index is 0.0983. The summed E-state index contributed by atoms with van der Waals surface area (Å²) in [5.74, 6) is -0.287. The molecule has 1 aromatic carbocycles. The van der Waals surface area contributed by atoms with Gasteiger partial charge in [-0.25, -0.2) is 14.8 Å². The second-order valence-corrected chi connectivity index (χ2v) is 8.86. The quantitative estimate of drug-likeness (QED) is 0.412. The Bertz CT molecular complexity index is 1300. The third-order valence-corrected chi connectivity index (χ3v) is 6.39. The van der Waals surface area contributed by atoms with Crippen LogP contribution in [0.15, 0.2) is 44.8 Å². The molecule has 2 aromatic heterocycles. The van der Waals surface area contributed by atoms with Crippen molar-refractivity contribution in [3.63, 3.8) is 0 Å². The van der Waals surface area contributed by atoms with Crippen molar-refractivity contribution in [2.45, 2.75) is 37.5 Å². The lowest BCUT2D eigenvalue weighted by Crippen LogP contribution is -2.39. The number of nitrogens with zero attached hydrogens (tertiary/aromatic N) is 6. The number of ketones is 1. The van der Waals surface area contributed by atoms with E-state index in [9.17, 15) is 14.4 Å². The predicted octanol–water partition coefficient (Wildman–Crippen LogP) is 2.23. The molecule has 2 aliphatic heterocycles. The Morgan fingerprint density at radius 2 is 2.15 bits per heavy atom. The smallest absolute Gasteiger partial charge is 0.388 e. The Balaban J connectivity index is 1.54. The zero-order valence-corrected chi connectivity index (χ0v) is 19.0. The summed E-state index contributed by atoms with van der Waals surface area (Å²) >= 11 is 1.45. The van der Waals surface area contributed by atoms with Gasteiger partial charge in [-0.1, -0.05) is 17.8 Å². The highest BCUT2D eigenvalue weighted by Gasteiger charge is 2.37. The van der Waals surface area contributed by atoms with Crippen LogP contribution in [0.1, 0.15) is 30.1 Å². The largest absolute Gasteiger partial charge is 0.437 e. The molecule has 170 valence electrons. The summed E-state index contributed by atoms with van der Waals surface area (Å²) in [6.07, 6.45) is 5.52. The molecule has 4 heterocycles. The molecule has 0 aliphatic carbocycles. The van der Waals surface area contributed by atoms with Gasteiger partial charge in [-0.3, -0.25) is 9.59 Å². The summed E-state index contributed by atoms with van der Waals surface area (Å²) in [5.41, 5.74) is 1.68. The molecule has 33 heavy (non-hydrogen) atoms. The molecule has 0 radical (unpaired) electrons. The van der Waals surface area contributed by atoms with E-state index in [-0.39, 0.29) is 30.2 Å². The Morgan fingerprint density at radius 3 is 2.94 bits per heavy atom. The first-order valence-corrected chi connectivity index (χ1v) is 11.8. The molecule has 0 saturated carbocycles. The SMILES string of the molecule is CSc1ncc2c(n1)N1CCC[C@H]1CN(c1cccc(-c3nn(CC(C)=O)c(=O)o3)c1)C2=O. The topological polar surface area (TPSA) is 114 Å². The van der Waals surface area contributed by atoms with Gasteiger partial charge < -0.3 is 14.2 Å². The number of benzene rings is 1. The first-order chi connectivity index (χ1) is 15.9. The molecule has 2 aliphatic rings. The zero-order chi connectivity index (χ0) is 23.1. The van der Waals surface area contributed by atoms with Crippen molar-refractivity contribution in [2.24, 2.45) is 0 Å². The van der Waals surface area contributed by atoms with E-state index < -0.39 is 5.76 Å². The minimum atomic E-state index is -0.700. The molecule has 1 amide bonds. The number of Topliss-reactive ketones (excluding diaryl/α,β-unsaturated/α-hetero) is 1. The highest BCUT2D eigenvalue weighted by Crippen LogP contribution is 2.35. The Kier molecular flexibility index (Phi) is 5.49. The fourth-order valence-electron chi connectivity index (χ4n) is 4.33. The molecule has 0 N–H and O–H groups in total.